The molecule has 0 bridgehead atoms. The second-order valence-corrected chi connectivity index (χ2v) is 6.41. The number of urea groups is 1. The maximum absolute atomic E-state index is 12.0. The topological polar surface area (TPSA) is 78.4 Å². The van der Waals surface area contributed by atoms with Crippen LogP contribution in [0.25, 0.3) is 0 Å². The minimum Gasteiger partial charge on any atom is -0.481 e. The van der Waals surface area contributed by atoms with Crippen LogP contribution < -0.4 is 10.6 Å². The highest BCUT2D eigenvalue weighted by molar-refractivity contribution is 9.10. The molecule has 0 saturated heterocycles. The molecule has 1 fully saturated rings. The van der Waals surface area contributed by atoms with Crippen molar-refractivity contribution in [3.8, 4) is 0 Å². The SMILES string of the molecule is O=C(Nc1cc(Cl)ccc1Br)NC1CCCC(C(=O)O)C1. The molecule has 21 heavy (non-hydrogen) atoms. The third-order valence-electron chi connectivity index (χ3n) is 3.54. The van der Waals surface area contributed by atoms with Gasteiger partial charge in [0.05, 0.1) is 11.6 Å². The summed E-state index contributed by atoms with van der Waals surface area (Å²) >= 11 is 9.22. The summed E-state index contributed by atoms with van der Waals surface area (Å²) in [6.45, 7) is 0. The lowest BCUT2D eigenvalue weighted by atomic mass is 9.86. The van der Waals surface area contributed by atoms with E-state index in [1.165, 1.54) is 0 Å². The minimum absolute atomic E-state index is 0.113. The van der Waals surface area contributed by atoms with Crippen molar-refractivity contribution in [1.82, 2.24) is 5.32 Å². The second kappa shape index (κ2) is 7.13. The van der Waals surface area contributed by atoms with E-state index in [0.717, 1.165) is 17.3 Å². The number of aliphatic carboxylic acids is 1. The molecule has 0 radical (unpaired) electrons. The molecule has 3 N–H and O–H groups in total. The van der Waals surface area contributed by atoms with Crippen molar-refractivity contribution in [3.05, 3.63) is 27.7 Å². The van der Waals surface area contributed by atoms with Gasteiger partial charge in [-0.15, -0.1) is 0 Å². The number of halogens is 2. The van der Waals surface area contributed by atoms with Crippen LogP contribution in [-0.2, 0) is 4.79 Å². The average Bonchev–Trinajstić information content (AvgIpc) is 2.43. The molecule has 114 valence electrons. The fourth-order valence-corrected chi connectivity index (χ4v) is 3.00. The van der Waals surface area contributed by atoms with Gasteiger partial charge in [0.15, 0.2) is 0 Å². The smallest absolute Gasteiger partial charge is 0.319 e. The van der Waals surface area contributed by atoms with E-state index in [9.17, 15) is 9.59 Å². The lowest BCUT2D eigenvalue weighted by Crippen LogP contribution is -2.42. The van der Waals surface area contributed by atoms with E-state index in [1.54, 1.807) is 18.2 Å². The summed E-state index contributed by atoms with van der Waals surface area (Å²) in [6, 6.07) is 4.64. The van der Waals surface area contributed by atoms with E-state index in [0.29, 0.717) is 23.6 Å². The number of hydrogen-bond acceptors (Lipinski definition) is 2. The Hall–Kier alpha value is -1.27. The lowest BCUT2D eigenvalue weighted by Gasteiger charge is -2.27. The van der Waals surface area contributed by atoms with Gasteiger partial charge in [-0.25, -0.2) is 4.79 Å². The van der Waals surface area contributed by atoms with Crippen molar-refractivity contribution in [2.45, 2.75) is 31.7 Å². The highest BCUT2D eigenvalue weighted by Crippen LogP contribution is 2.27. The van der Waals surface area contributed by atoms with Gasteiger partial charge in [-0.3, -0.25) is 4.79 Å². The number of carbonyl (C=O) groups is 2. The Balaban J connectivity index is 1.92. The van der Waals surface area contributed by atoms with Gasteiger partial charge in [0, 0.05) is 15.5 Å². The molecule has 1 aliphatic rings. The maximum atomic E-state index is 12.0. The van der Waals surface area contributed by atoms with E-state index in [1.807, 2.05) is 0 Å². The quantitative estimate of drug-likeness (QED) is 0.750. The van der Waals surface area contributed by atoms with E-state index in [2.05, 4.69) is 26.6 Å². The summed E-state index contributed by atoms with van der Waals surface area (Å²) < 4.78 is 0.731. The van der Waals surface area contributed by atoms with Crippen LogP contribution >= 0.6 is 27.5 Å². The molecule has 2 atom stereocenters. The zero-order valence-corrected chi connectivity index (χ0v) is 13.6. The van der Waals surface area contributed by atoms with Crippen LogP contribution in [0.1, 0.15) is 25.7 Å². The van der Waals surface area contributed by atoms with Gasteiger partial charge < -0.3 is 15.7 Å². The first kappa shape index (κ1) is 16.1. The largest absolute Gasteiger partial charge is 0.481 e. The Morgan fingerprint density at radius 3 is 2.81 bits per heavy atom. The molecular formula is C14H16BrClN2O3. The van der Waals surface area contributed by atoms with E-state index in [4.69, 9.17) is 16.7 Å². The van der Waals surface area contributed by atoms with Gasteiger partial charge in [0.1, 0.15) is 0 Å². The van der Waals surface area contributed by atoms with E-state index in [-0.39, 0.29) is 18.0 Å². The van der Waals surface area contributed by atoms with Crippen molar-refractivity contribution in [3.63, 3.8) is 0 Å². The Morgan fingerprint density at radius 2 is 2.10 bits per heavy atom. The number of rotatable bonds is 3. The first-order valence-corrected chi connectivity index (χ1v) is 7.88. The number of carboxylic acids is 1. The first-order valence-electron chi connectivity index (χ1n) is 6.71. The molecule has 5 nitrogen and oxygen atoms in total. The van der Waals surface area contributed by atoms with Gasteiger partial charge in [-0.05, 0) is 53.4 Å². The number of carbonyl (C=O) groups excluding carboxylic acids is 1. The van der Waals surface area contributed by atoms with Crippen LogP contribution in [0.4, 0.5) is 10.5 Å². The van der Waals surface area contributed by atoms with Crippen LogP contribution in [0.15, 0.2) is 22.7 Å². The molecule has 0 aromatic heterocycles. The van der Waals surface area contributed by atoms with Crippen molar-refractivity contribution >= 4 is 45.2 Å². The number of hydrogen-bond donors (Lipinski definition) is 3. The standard InChI is InChI=1S/C14H16BrClN2O3/c15-11-5-4-9(16)7-12(11)18-14(21)17-10-3-1-2-8(6-10)13(19)20/h4-5,7-8,10H,1-3,6H2,(H,19,20)(H2,17,18,21). The van der Waals surface area contributed by atoms with Crippen LogP contribution in [0, 0.1) is 5.92 Å². The number of nitrogens with one attached hydrogen (secondary N) is 2. The van der Waals surface area contributed by atoms with E-state index < -0.39 is 5.97 Å². The van der Waals surface area contributed by atoms with Gasteiger partial charge in [0.2, 0.25) is 0 Å². The van der Waals surface area contributed by atoms with Crippen LogP contribution in [0.5, 0.6) is 0 Å². The number of carboxylic acid groups (broad SMARTS) is 1. The van der Waals surface area contributed by atoms with Crippen molar-refractivity contribution in [1.29, 1.82) is 0 Å². The highest BCUT2D eigenvalue weighted by Gasteiger charge is 2.27. The molecule has 1 aromatic rings. The Bertz CT molecular complexity index is 553. The molecule has 0 spiro atoms. The molecule has 2 rings (SSSR count). The summed E-state index contributed by atoms with van der Waals surface area (Å²) in [4.78, 5) is 23.0. The summed E-state index contributed by atoms with van der Waals surface area (Å²) in [7, 11) is 0. The molecule has 1 saturated carbocycles. The summed E-state index contributed by atoms with van der Waals surface area (Å²) in [5.74, 6) is -1.17. The lowest BCUT2D eigenvalue weighted by molar-refractivity contribution is -0.143. The normalized spacial score (nSPS) is 21.6. The Labute approximate surface area is 136 Å². The fourth-order valence-electron chi connectivity index (χ4n) is 2.48. The van der Waals surface area contributed by atoms with Gasteiger partial charge in [-0.1, -0.05) is 18.0 Å². The third-order valence-corrected chi connectivity index (χ3v) is 4.46. The fraction of sp³-hybridized carbons (Fsp3) is 0.429. The van der Waals surface area contributed by atoms with Gasteiger partial charge in [0.25, 0.3) is 0 Å². The first-order chi connectivity index (χ1) is 9.95. The Morgan fingerprint density at radius 1 is 1.33 bits per heavy atom. The highest BCUT2D eigenvalue weighted by atomic mass is 79.9. The predicted molar refractivity (Wildman–Crippen MR) is 84.7 cm³/mol. The second-order valence-electron chi connectivity index (χ2n) is 5.12. The number of benzene rings is 1. The molecule has 2 amide bonds. The molecule has 7 heteroatoms. The zero-order valence-electron chi connectivity index (χ0n) is 11.2. The third kappa shape index (κ3) is 4.61. The van der Waals surface area contributed by atoms with E-state index >= 15 is 0 Å². The van der Waals surface area contributed by atoms with Crippen molar-refractivity contribution in [2.24, 2.45) is 5.92 Å². The van der Waals surface area contributed by atoms with Crippen LogP contribution in [-0.4, -0.2) is 23.1 Å². The Kier molecular flexibility index (Phi) is 5.47. The molecule has 0 heterocycles. The molecule has 0 aliphatic heterocycles. The monoisotopic (exact) mass is 374 g/mol. The van der Waals surface area contributed by atoms with Crippen molar-refractivity contribution in [2.75, 3.05) is 5.32 Å². The zero-order chi connectivity index (χ0) is 15.4. The summed E-state index contributed by atoms with van der Waals surface area (Å²) in [5.41, 5.74) is 0.575. The molecule has 1 aromatic carbocycles. The molecular weight excluding hydrogens is 360 g/mol. The minimum atomic E-state index is -0.792. The predicted octanol–water partition coefficient (Wildman–Crippen LogP) is 3.87. The number of amides is 2. The molecule has 1 aliphatic carbocycles. The van der Waals surface area contributed by atoms with Crippen molar-refractivity contribution < 1.29 is 14.7 Å². The van der Waals surface area contributed by atoms with Gasteiger partial charge >= 0.3 is 12.0 Å². The average molecular weight is 376 g/mol. The number of anilines is 1. The summed E-state index contributed by atoms with van der Waals surface area (Å²) in [6.07, 6.45) is 2.76. The summed E-state index contributed by atoms with van der Waals surface area (Å²) in [5, 5.41) is 15.1. The van der Waals surface area contributed by atoms with Crippen LogP contribution in [0.3, 0.4) is 0 Å². The molecule has 2 unspecified atom stereocenters. The van der Waals surface area contributed by atoms with Gasteiger partial charge in [-0.2, -0.15) is 0 Å². The maximum Gasteiger partial charge on any atom is 0.319 e. The van der Waals surface area contributed by atoms with Crippen LogP contribution in [0.2, 0.25) is 5.02 Å².